The minimum Gasteiger partial charge on any atom is -0.342 e. The maximum absolute atomic E-state index is 13.4. The average molecular weight is 414 g/mol. The maximum Gasteiger partial charge on any atom is 0.251 e. The molecule has 3 rings (SSSR count). The van der Waals surface area contributed by atoms with Crippen molar-refractivity contribution in [3.05, 3.63) is 35.4 Å². The topological polar surface area (TPSA) is 69.7 Å². The largest absolute Gasteiger partial charge is 0.342 e. The molecule has 6 nitrogen and oxygen atoms in total. The van der Waals surface area contributed by atoms with Gasteiger partial charge in [0, 0.05) is 37.7 Å². The van der Waals surface area contributed by atoms with Crippen molar-refractivity contribution in [2.24, 2.45) is 11.8 Å². The molecule has 2 heterocycles. The standard InChI is InChI=1S/C24H35N3O3/c1-17(2)23(29)27-14-10-19(11-15-27)21(24(30)26-12-5-4-6-13-26)25-22(28)20-9-7-8-18(3)16-20/h7-9,16-17,19,21H,4-6,10-15H2,1-3H3,(H,25,28)/t21-/m0/s1. The SMILES string of the molecule is Cc1cccc(C(=O)N[C@H](C(=O)N2CCCCC2)C2CCN(C(=O)C(C)C)CC2)c1. The molecule has 0 unspecified atom stereocenters. The van der Waals surface area contributed by atoms with Crippen molar-refractivity contribution in [2.75, 3.05) is 26.2 Å². The van der Waals surface area contributed by atoms with Crippen LogP contribution >= 0.6 is 0 Å². The first-order chi connectivity index (χ1) is 14.4. The van der Waals surface area contributed by atoms with Gasteiger partial charge >= 0.3 is 0 Å². The number of likely N-dealkylation sites (tertiary alicyclic amines) is 2. The number of carbonyl (C=O) groups is 3. The molecule has 1 atom stereocenters. The van der Waals surface area contributed by atoms with Crippen LogP contribution in [0.1, 0.15) is 61.9 Å². The van der Waals surface area contributed by atoms with Crippen molar-refractivity contribution >= 4 is 17.7 Å². The monoisotopic (exact) mass is 413 g/mol. The second kappa shape index (κ2) is 10.1. The lowest BCUT2D eigenvalue weighted by Gasteiger charge is -2.39. The lowest BCUT2D eigenvalue weighted by Crippen LogP contribution is -2.55. The molecule has 2 fully saturated rings. The van der Waals surface area contributed by atoms with Gasteiger partial charge in [0.15, 0.2) is 0 Å². The lowest BCUT2D eigenvalue weighted by molar-refractivity contribution is -0.138. The number of hydrogen-bond acceptors (Lipinski definition) is 3. The smallest absolute Gasteiger partial charge is 0.251 e. The molecular formula is C24H35N3O3. The van der Waals surface area contributed by atoms with E-state index < -0.39 is 6.04 Å². The average Bonchev–Trinajstić information content (AvgIpc) is 2.77. The van der Waals surface area contributed by atoms with Crippen LogP contribution in [0, 0.1) is 18.8 Å². The molecule has 0 saturated carbocycles. The van der Waals surface area contributed by atoms with Gasteiger partial charge in [0.2, 0.25) is 11.8 Å². The van der Waals surface area contributed by atoms with E-state index in [1.165, 1.54) is 0 Å². The van der Waals surface area contributed by atoms with Crippen LogP contribution in [-0.4, -0.2) is 59.7 Å². The molecule has 0 spiro atoms. The highest BCUT2D eigenvalue weighted by molar-refractivity contribution is 5.97. The highest BCUT2D eigenvalue weighted by Crippen LogP contribution is 2.25. The summed E-state index contributed by atoms with van der Waals surface area (Å²) in [6.07, 6.45) is 4.66. The predicted molar refractivity (Wildman–Crippen MR) is 117 cm³/mol. The number of carbonyl (C=O) groups excluding carboxylic acids is 3. The molecule has 2 aliphatic rings. The Hall–Kier alpha value is -2.37. The van der Waals surface area contributed by atoms with Gasteiger partial charge in [0.1, 0.15) is 6.04 Å². The second-order valence-electron chi connectivity index (χ2n) is 9.02. The number of rotatable bonds is 5. The molecule has 2 aliphatic heterocycles. The van der Waals surface area contributed by atoms with Crippen LogP contribution in [0.2, 0.25) is 0 Å². The molecule has 0 radical (unpaired) electrons. The number of nitrogens with zero attached hydrogens (tertiary/aromatic N) is 2. The van der Waals surface area contributed by atoms with Crippen LogP contribution in [0.25, 0.3) is 0 Å². The molecular weight excluding hydrogens is 378 g/mol. The van der Waals surface area contributed by atoms with Crippen LogP contribution in [0.3, 0.4) is 0 Å². The van der Waals surface area contributed by atoms with Gasteiger partial charge in [-0.2, -0.15) is 0 Å². The molecule has 1 aromatic carbocycles. The third kappa shape index (κ3) is 5.41. The minimum atomic E-state index is -0.535. The molecule has 3 amide bonds. The quantitative estimate of drug-likeness (QED) is 0.807. The van der Waals surface area contributed by atoms with E-state index in [-0.39, 0.29) is 29.6 Å². The molecule has 0 aromatic heterocycles. The first kappa shape index (κ1) is 22.3. The third-order valence-electron chi connectivity index (χ3n) is 6.32. The molecule has 30 heavy (non-hydrogen) atoms. The van der Waals surface area contributed by atoms with Crippen molar-refractivity contribution < 1.29 is 14.4 Å². The summed E-state index contributed by atoms with van der Waals surface area (Å²) < 4.78 is 0. The summed E-state index contributed by atoms with van der Waals surface area (Å²) in [6.45, 7) is 8.60. The summed E-state index contributed by atoms with van der Waals surface area (Å²) in [5.41, 5.74) is 1.60. The summed E-state index contributed by atoms with van der Waals surface area (Å²) in [5.74, 6) is 0.0213. The van der Waals surface area contributed by atoms with Crippen molar-refractivity contribution in [1.82, 2.24) is 15.1 Å². The number of nitrogens with one attached hydrogen (secondary N) is 1. The number of amides is 3. The Morgan fingerprint density at radius 3 is 2.17 bits per heavy atom. The first-order valence-electron chi connectivity index (χ1n) is 11.3. The Labute approximate surface area is 180 Å². The van der Waals surface area contributed by atoms with Gasteiger partial charge in [-0.1, -0.05) is 31.5 Å². The molecule has 1 N–H and O–H groups in total. The van der Waals surface area contributed by atoms with E-state index in [1.54, 1.807) is 6.07 Å². The Morgan fingerprint density at radius 2 is 1.57 bits per heavy atom. The molecule has 164 valence electrons. The third-order valence-corrected chi connectivity index (χ3v) is 6.32. The number of hydrogen-bond donors (Lipinski definition) is 1. The number of benzene rings is 1. The van der Waals surface area contributed by atoms with Gasteiger partial charge in [0.25, 0.3) is 5.91 Å². The van der Waals surface area contributed by atoms with E-state index in [0.717, 1.165) is 50.8 Å². The van der Waals surface area contributed by atoms with Gasteiger partial charge < -0.3 is 15.1 Å². The van der Waals surface area contributed by atoms with Gasteiger partial charge in [-0.3, -0.25) is 14.4 Å². The summed E-state index contributed by atoms with van der Waals surface area (Å²) in [4.78, 5) is 42.5. The van der Waals surface area contributed by atoms with Crippen LogP contribution in [0.5, 0.6) is 0 Å². The normalized spacial score (nSPS) is 18.9. The van der Waals surface area contributed by atoms with Crippen molar-refractivity contribution in [3.8, 4) is 0 Å². The van der Waals surface area contributed by atoms with Crippen molar-refractivity contribution in [2.45, 2.75) is 58.9 Å². The van der Waals surface area contributed by atoms with Gasteiger partial charge in [-0.15, -0.1) is 0 Å². The first-order valence-corrected chi connectivity index (χ1v) is 11.3. The molecule has 1 aromatic rings. The van der Waals surface area contributed by atoms with Crippen LogP contribution in [-0.2, 0) is 9.59 Å². The van der Waals surface area contributed by atoms with Crippen molar-refractivity contribution in [3.63, 3.8) is 0 Å². The lowest BCUT2D eigenvalue weighted by atomic mass is 9.87. The fraction of sp³-hybridized carbons (Fsp3) is 0.625. The van der Waals surface area contributed by atoms with E-state index in [2.05, 4.69) is 5.32 Å². The molecule has 0 aliphatic carbocycles. The van der Waals surface area contributed by atoms with E-state index >= 15 is 0 Å². The van der Waals surface area contributed by atoms with E-state index in [4.69, 9.17) is 0 Å². The predicted octanol–water partition coefficient (Wildman–Crippen LogP) is 3.00. The zero-order valence-corrected chi connectivity index (χ0v) is 18.5. The van der Waals surface area contributed by atoms with Gasteiger partial charge in [-0.25, -0.2) is 0 Å². The summed E-state index contributed by atoms with van der Waals surface area (Å²) >= 11 is 0. The van der Waals surface area contributed by atoms with Crippen LogP contribution < -0.4 is 5.32 Å². The molecule has 6 heteroatoms. The van der Waals surface area contributed by atoms with Crippen molar-refractivity contribution in [1.29, 1.82) is 0 Å². The summed E-state index contributed by atoms with van der Waals surface area (Å²) in [7, 11) is 0. The Balaban J connectivity index is 1.73. The van der Waals surface area contributed by atoms with E-state index in [9.17, 15) is 14.4 Å². The zero-order valence-electron chi connectivity index (χ0n) is 18.5. The van der Waals surface area contributed by atoms with Crippen LogP contribution in [0.15, 0.2) is 24.3 Å². The fourth-order valence-corrected chi connectivity index (χ4v) is 4.52. The summed E-state index contributed by atoms with van der Waals surface area (Å²) in [5, 5.41) is 3.06. The van der Waals surface area contributed by atoms with E-state index in [1.807, 2.05) is 48.8 Å². The molecule has 0 bridgehead atoms. The highest BCUT2D eigenvalue weighted by Gasteiger charge is 2.36. The highest BCUT2D eigenvalue weighted by atomic mass is 16.2. The Bertz CT molecular complexity index is 763. The minimum absolute atomic E-state index is 0.0200. The number of aryl methyl sites for hydroxylation is 1. The fourth-order valence-electron chi connectivity index (χ4n) is 4.52. The van der Waals surface area contributed by atoms with Crippen LogP contribution in [0.4, 0.5) is 0 Å². The van der Waals surface area contributed by atoms with Gasteiger partial charge in [-0.05, 0) is 57.1 Å². The molecule has 2 saturated heterocycles. The van der Waals surface area contributed by atoms with Gasteiger partial charge in [0.05, 0.1) is 0 Å². The Morgan fingerprint density at radius 1 is 0.933 bits per heavy atom. The zero-order chi connectivity index (χ0) is 21.7. The summed E-state index contributed by atoms with van der Waals surface area (Å²) in [6, 6.07) is 6.92. The van der Waals surface area contributed by atoms with E-state index in [0.29, 0.717) is 18.7 Å². The number of piperidine rings is 2. The second-order valence-corrected chi connectivity index (χ2v) is 9.02. The maximum atomic E-state index is 13.4. The Kier molecular flexibility index (Phi) is 7.51.